The number of likely N-dealkylation sites (tertiary alicyclic amines) is 1. The number of rotatable bonds is 4. The van der Waals surface area contributed by atoms with Gasteiger partial charge in [-0.2, -0.15) is 0 Å². The van der Waals surface area contributed by atoms with Crippen molar-refractivity contribution in [2.75, 3.05) is 20.2 Å². The molecule has 3 aromatic rings. The second-order valence-corrected chi connectivity index (χ2v) is 7.30. The molecule has 4 rings (SSSR count). The van der Waals surface area contributed by atoms with Gasteiger partial charge in [0.05, 0.1) is 7.11 Å². The second-order valence-electron chi connectivity index (χ2n) is 7.30. The zero-order chi connectivity index (χ0) is 18.8. The molecule has 0 N–H and O–H groups in total. The third kappa shape index (κ3) is 3.37. The van der Waals surface area contributed by atoms with E-state index in [4.69, 9.17) is 4.74 Å². The van der Waals surface area contributed by atoms with Crippen LogP contribution in [0.2, 0.25) is 0 Å². The van der Waals surface area contributed by atoms with Gasteiger partial charge >= 0.3 is 0 Å². The van der Waals surface area contributed by atoms with Crippen molar-refractivity contribution in [3.63, 3.8) is 0 Å². The van der Waals surface area contributed by atoms with Crippen LogP contribution in [-0.4, -0.2) is 29.7 Å². The van der Waals surface area contributed by atoms with Gasteiger partial charge in [-0.05, 0) is 49.7 Å². The molecule has 0 aliphatic carbocycles. The lowest BCUT2D eigenvalue weighted by Crippen LogP contribution is -2.32. The van der Waals surface area contributed by atoms with Crippen molar-refractivity contribution in [2.24, 2.45) is 7.05 Å². The summed E-state index contributed by atoms with van der Waals surface area (Å²) in [5.41, 5.74) is 3.41. The third-order valence-electron chi connectivity index (χ3n) is 5.61. The summed E-state index contributed by atoms with van der Waals surface area (Å²) in [6.45, 7) is 2.99. The number of benzene rings is 2. The van der Waals surface area contributed by atoms with Crippen LogP contribution in [0.25, 0.3) is 21.9 Å². The zero-order valence-corrected chi connectivity index (χ0v) is 16.1. The molecule has 4 heteroatoms. The molecule has 0 spiro atoms. The van der Waals surface area contributed by atoms with Gasteiger partial charge < -0.3 is 9.30 Å². The number of hydrogen-bond acceptors (Lipinski definition) is 3. The van der Waals surface area contributed by atoms with Crippen LogP contribution in [0, 0.1) is 0 Å². The van der Waals surface area contributed by atoms with Crippen LogP contribution in [0.5, 0.6) is 5.75 Å². The van der Waals surface area contributed by atoms with Crippen molar-refractivity contribution < 1.29 is 4.74 Å². The summed E-state index contributed by atoms with van der Waals surface area (Å²) in [6, 6.07) is 16.1. The SMILES string of the molecule is COc1ccc2c(=O)n(C)c(CN3CCCCC3)c(-c3ccccc3)c2c1. The first kappa shape index (κ1) is 17.8. The molecule has 2 aromatic carbocycles. The van der Waals surface area contributed by atoms with Crippen molar-refractivity contribution in [3.05, 3.63) is 64.6 Å². The fourth-order valence-electron chi connectivity index (χ4n) is 4.11. The van der Waals surface area contributed by atoms with Crippen LogP contribution in [0.3, 0.4) is 0 Å². The molecule has 1 aliphatic rings. The van der Waals surface area contributed by atoms with E-state index in [1.165, 1.54) is 19.3 Å². The van der Waals surface area contributed by atoms with Gasteiger partial charge in [0, 0.05) is 35.6 Å². The lowest BCUT2D eigenvalue weighted by atomic mass is 9.96. The topological polar surface area (TPSA) is 34.5 Å². The molecule has 0 radical (unpaired) electrons. The molecule has 1 aromatic heterocycles. The highest BCUT2D eigenvalue weighted by Gasteiger charge is 2.20. The fraction of sp³-hybridized carbons (Fsp3) is 0.348. The standard InChI is InChI=1S/C23H26N2O2/c1-24-21(16-25-13-7-4-8-14-25)22(17-9-5-3-6-10-17)20-15-18(27-2)11-12-19(20)23(24)26/h3,5-6,9-12,15H,4,7-8,13-14,16H2,1-2H3. The molecule has 0 saturated carbocycles. The van der Waals surface area contributed by atoms with Crippen molar-refractivity contribution in [3.8, 4) is 16.9 Å². The molecule has 2 heterocycles. The Bertz CT molecular complexity index is 1000. The average Bonchev–Trinajstić information content (AvgIpc) is 2.73. The van der Waals surface area contributed by atoms with E-state index in [-0.39, 0.29) is 5.56 Å². The van der Waals surface area contributed by atoms with E-state index in [0.717, 1.165) is 53.0 Å². The Morgan fingerprint density at radius 1 is 0.963 bits per heavy atom. The predicted octanol–water partition coefficient (Wildman–Crippen LogP) is 4.20. The summed E-state index contributed by atoms with van der Waals surface area (Å²) in [7, 11) is 3.57. The first-order valence-electron chi connectivity index (χ1n) is 9.66. The van der Waals surface area contributed by atoms with Crippen molar-refractivity contribution in [1.82, 2.24) is 9.47 Å². The highest BCUT2D eigenvalue weighted by molar-refractivity contribution is 5.98. The highest BCUT2D eigenvalue weighted by atomic mass is 16.5. The molecule has 0 unspecified atom stereocenters. The quantitative estimate of drug-likeness (QED) is 0.698. The first-order chi connectivity index (χ1) is 13.2. The van der Waals surface area contributed by atoms with Crippen molar-refractivity contribution in [2.45, 2.75) is 25.8 Å². The first-order valence-corrected chi connectivity index (χ1v) is 9.66. The van der Waals surface area contributed by atoms with E-state index < -0.39 is 0 Å². The van der Waals surface area contributed by atoms with Crippen LogP contribution in [0.1, 0.15) is 25.0 Å². The lowest BCUT2D eigenvalue weighted by Gasteiger charge is -2.29. The number of hydrogen-bond donors (Lipinski definition) is 0. The predicted molar refractivity (Wildman–Crippen MR) is 110 cm³/mol. The van der Waals surface area contributed by atoms with E-state index in [1.807, 2.05) is 35.9 Å². The van der Waals surface area contributed by atoms with Gasteiger partial charge in [-0.1, -0.05) is 36.8 Å². The van der Waals surface area contributed by atoms with Gasteiger partial charge in [0.15, 0.2) is 0 Å². The Balaban J connectivity index is 1.99. The van der Waals surface area contributed by atoms with E-state index >= 15 is 0 Å². The minimum atomic E-state index is 0.0549. The zero-order valence-electron chi connectivity index (χ0n) is 16.1. The number of piperidine rings is 1. The number of nitrogens with zero attached hydrogens (tertiary/aromatic N) is 2. The maximum atomic E-state index is 13.1. The van der Waals surface area contributed by atoms with E-state index in [9.17, 15) is 4.79 Å². The summed E-state index contributed by atoms with van der Waals surface area (Å²) in [6.07, 6.45) is 3.77. The summed E-state index contributed by atoms with van der Waals surface area (Å²) >= 11 is 0. The molecule has 1 fully saturated rings. The van der Waals surface area contributed by atoms with Gasteiger partial charge in [0.1, 0.15) is 5.75 Å². The van der Waals surface area contributed by atoms with Crippen LogP contribution in [0.15, 0.2) is 53.3 Å². The van der Waals surface area contributed by atoms with Crippen LogP contribution >= 0.6 is 0 Å². The van der Waals surface area contributed by atoms with Gasteiger partial charge in [-0.25, -0.2) is 0 Å². The van der Waals surface area contributed by atoms with Crippen LogP contribution in [-0.2, 0) is 13.6 Å². The molecule has 4 nitrogen and oxygen atoms in total. The molecular formula is C23H26N2O2. The van der Waals surface area contributed by atoms with E-state index in [1.54, 1.807) is 7.11 Å². The number of aromatic nitrogens is 1. The molecule has 140 valence electrons. The van der Waals surface area contributed by atoms with Gasteiger partial charge in [0.2, 0.25) is 0 Å². The summed E-state index contributed by atoms with van der Waals surface area (Å²) in [5.74, 6) is 0.775. The summed E-state index contributed by atoms with van der Waals surface area (Å²) in [4.78, 5) is 15.5. The number of methoxy groups -OCH3 is 1. The minimum absolute atomic E-state index is 0.0549. The molecular weight excluding hydrogens is 336 g/mol. The highest BCUT2D eigenvalue weighted by Crippen LogP contribution is 2.33. The smallest absolute Gasteiger partial charge is 0.258 e. The molecule has 0 bridgehead atoms. The number of ether oxygens (including phenoxy) is 1. The molecule has 0 amide bonds. The summed E-state index contributed by atoms with van der Waals surface area (Å²) < 4.78 is 7.29. The van der Waals surface area contributed by atoms with Crippen molar-refractivity contribution in [1.29, 1.82) is 0 Å². The molecule has 0 atom stereocenters. The molecule has 1 aliphatic heterocycles. The Kier molecular flexibility index (Phi) is 4.99. The van der Waals surface area contributed by atoms with Gasteiger partial charge in [0.25, 0.3) is 5.56 Å². The minimum Gasteiger partial charge on any atom is -0.497 e. The number of fused-ring (bicyclic) bond motifs is 1. The lowest BCUT2D eigenvalue weighted by molar-refractivity contribution is 0.216. The molecule has 1 saturated heterocycles. The van der Waals surface area contributed by atoms with E-state index in [0.29, 0.717) is 0 Å². The third-order valence-corrected chi connectivity index (χ3v) is 5.61. The Morgan fingerprint density at radius 3 is 2.41 bits per heavy atom. The van der Waals surface area contributed by atoms with Crippen LogP contribution < -0.4 is 10.3 Å². The maximum absolute atomic E-state index is 13.1. The summed E-state index contributed by atoms with van der Waals surface area (Å²) in [5, 5.41) is 1.70. The molecule has 27 heavy (non-hydrogen) atoms. The number of pyridine rings is 1. The monoisotopic (exact) mass is 362 g/mol. The van der Waals surface area contributed by atoms with Crippen LogP contribution in [0.4, 0.5) is 0 Å². The normalized spacial score (nSPS) is 15.2. The Hall–Kier alpha value is -2.59. The Morgan fingerprint density at radius 2 is 1.70 bits per heavy atom. The van der Waals surface area contributed by atoms with Gasteiger partial charge in [-0.3, -0.25) is 9.69 Å². The fourth-order valence-corrected chi connectivity index (χ4v) is 4.11. The van der Waals surface area contributed by atoms with Gasteiger partial charge in [-0.15, -0.1) is 0 Å². The average molecular weight is 362 g/mol. The van der Waals surface area contributed by atoms with Crippen molar-refractivity contribution >= 4 is 10.8 Å². The Labute approximate surface area is 160 Å². The maximum Gasteiger partial charge on any atom is 0.258 e. The largest absolute Gasteiger partial charge is 0.497 e. The van der Waals surface area contributed by atoms with E-state index in [2.05, 4.69) is 29.2 Å². The second kappa shape index (κ2) is 7.57.